The average molecular weight is 845 g/mol. The summed E-state index contributed by atoms with van der Waals surface area (Å²) in [6.45, 7) is 1.21. The van der Waals surface area contributed by atoms with Gasteiger partial charge >= 0.3 is 12.1 Å². The van der Waals surface area contributed by atoms with Gasteiger partial charge in [0.05, 0.1) is 10.2 Å². The van der Waals surface area contributed by atoms with Crippen LogP contribution in [-0.4, -0.2) is 107 Å². The number of benzene rings is 3. The largest absolute Gasteiger partial charge is 0.480 e. The Morgan fingerprint density at radius 3 is 2.12 bits per heavy atom. The molecule has 15 nitrogen and oxygen atoms in total. The number of aliphatic carboxylic acids is 1. The van der Waals surface area contributed by atoms with E-state index in [2.05, 4.69) is 31.2 Å². The van der Waals surface area contributed by atoms with Gasteiger partial charge in [0.2, 0.25) is 17.7 Å². The summed E-state index contributed by atoms with van der Waals surface area (Å²) in [5, 5.41) is 21.9. The molecule has 3 aromatic carbocycles. The van der Waals surface area contributed by atoms with Crippen LogP contribution >= 0.6 is 23.1 Å². The summed E-state index contributed by atoms with van der Waals surface area (Å²) < 4.78 is 6.21. The minimum atomic E-state index is -1.07. The SMILES string of the molecule is CN(C)CCCC[C@H](NC(=O)[C@H](Cc1ccccc1)NC(=O)OCc1ccccc1)C(=O)N[C@@H](CCCCN)C(=O)Nc1ccc2nc(C3=N[C@@H](C(=O)O)CS3)sc2c1. The van der Waals surface area contributed by atoms with Gasteiger partial charge in [-0.1, -0.05) is 60.7 Å². The molecule has 17 heteroatoms. The van der Waals surface area contributed by atoms with Crippen molar-refractivity contribution in [3.8, 4) is 0 Å². The Bertz CT molecular complexity index is 2070. The Hall–Kier alpha value is -5.36. The number of nitrogens with two attached hydrogens (primary N) is 1. The Morgan fingerprint density at radius 1 is 0.831 bits per heavy atom. The monoisotopic (exact) mass is 844 g/mol. The number of unbranched alkanes of at least 4 members (excludes halogenated alkanes) is 2. The van der Waals surface area contributed by atoms with E-state index >= 15 is 0 Å². The molecule has 0 radical (unpaired) electrons. The van der Waals surface area contributed by atoms with E-state index < -0.39 is 54.0 Å². The quantitative estimate of drug-likeness (QED) is 0.0604. The average Bonchev–Trinajstić information content (AvgIpc) is 3.89. The zero-order chi connectivity index (χ0) is 42.1. The van der Waals surface area contributed by atoms with Crippen molar-refractivity contribution in [1.82, 2.24) is 25.8 Å². The van der Waals surface area contributed by atoms with E-state index in [0.29, 0.717) is 65.7 Å². The number of carboxylic acids is 1. The van der Waals surface area contributed by atoms with Gasteiger partial charge < -0.3 is 41.7 Å². The van der Waals surface area contributed by atoms with Gasteiger partial charge in [-0.05, 0) is 95.0 Å². The second-order valence-electron chi connectivity index (χ2n) is 14.4. The number of aliphatic imine (C=N–C) groups is 1. The normalized spacial score (nSPS) is 15.2. The van der Waals surface area contributed by atoms with Crippen LogP contribution in [0.4, 0.5) is 10.5 Å². The molecule has 0 aliphatic carbocycles. The first-order chi connectivity index (χ1) is 28.5. The van der Waals surface area contributed by atoms with Crippen LogP contribution in [-0.2, 0) is 36.9 Å². The van der Waals surface area contributed by atoms with Crippen LogP contribution in [0.25, 0.3) is 10.2 Å². The number of nitrogens with one attached hydrogen (secondary N) is 4. The number of hydrogen-bond donors (Lipinski definition) is 6. The minimum Gasteiger partial charge on any atom is -0.480 e. The number of carbonyl (C=O) groups is 5. The number of anilines is 1. The Balaban J connectivity index is 1.30. The molecule has 5 rings (SSSR count). The smallest absolute Gasteiger partial charge is 0.408 e. The number of thioether (sulfide) groups is 1. The lowest BCUT2D eigenvalue weighted by Crippen LogP contribution is -2.56. The van der Waals surface area contributed by atoms with Crippen LogP contribution in [0.3, 0.4) is 0 Å². The van der Waals surface area contributed by atoms with Crippen molar-refractivity contribution in [2.75, 3.05) is 38.3 Å². The molecule has 7 N–H and O–H groups in total. The van der Waals surface area contributed by atoms with Crippen molar-refractivity contribution >= 4 is 73.8 Å². The highest BCUT2D eigenvalue weighted by atomic mass is 32.2. The van der Waals surface area contributed by atoms with E-state index in [-0.39, 0.29) is 13.0 Å². The van der Waals surface area contributed by atoms with E-state index in [4.69, 9.17) is 10.5 Å². The standard InChI is InChI=1S/C42H52N8O7S2/c1-50(2)22-12-10-18-32(46-38(53)33(23-27-13-5-3-6-14-27)49-42(56)57-25-28-15-7-4-8-16-28)37(52)45-31(17-9-11-21-43)36(51)44-29-19-20-30-35(24-29)59-40(47-30)39-48-34(26-58-39)41(54)55/h3-8,13-16,19-20,24,31-34H,9-12,17-18,21-23,25-26,43H2,1-2H3,(H,44,51)(H,45,52)(H,46,53)(H,49,56)(H,54,55)/t31-,32-,33-,34+/m0/s1. The summed E-state index contributed by atoms with van der Waals surface area (Å²) >= 11 is 2.69. The van der Waals surface area contributed by atoms with Crippen molar-refractivity contribution in [3.05, 3.63) is 95.0 Å². The molecule has 1 aromatic heterocycles. The predicted molar refractivity (Wildman–Crippen MR) is 232 cm³/mol. The van der Waals surface area contributed by atoms with Crippen molar-refractivity contribution < 1.29 is 33.8 Å². The lowest BCUT2D eigenvalue weighted by atomic mass is 10.0. The zero-order valence-corrected chi connectivity index (χ0v) is 34.9. The highest BCUT2D eigenvalue weighted by Crippen LogP contribution is 2.31. The number of aromatic nitrogens is 1. The molecule has 0 saturated heterocycles. The minimum absolute atomic E-state index is 0.0138. The number of fused-ring (bicyclic) bond motifs is 1. The topological polar surface area (TPSA) is 217 Å². The molecule has 4 atom stereocenters. The summed E-state index contributed by atoms with van der Waals surface area (Å²) in [4.78, 5) is 77.4. The number of hydrogen-bond acceptors (Lipinski definition) is 12. The van der Waals surface area contributed by atoms with Crippen LogP contribution in [0.1, 0.15) is 54.7 Å². The van der Waals surface area contributed by atoms with Crippen molar-refractivity contribution in [3.63, 3.8) is 0 Å². The van der Waals surface area contributed by atoms with Crippen molar-refractivity contribution in [1.29, 1.82) is 0 Å². The van der Waals surface area contributed by atoms with Gasteiger partial charge in [-0.15, -0.1) is 23.1 Å². The van der Waals surface area contributed by atoms with E-state index in [1.54, 1.807) is 18.2 Å². The fourth-order valence-electron chi connectivity index (χ4n) is 6.26. The number of alkyl carbamates (subject to hydrolysis) is 1. The first-order valence-electron chi connectivity index (χ1n) is 19.6. The molecule has 0 unspecified atom stereocenters. The first-order valence-corrected chi connectivity index (χ1v) is 21.4. The molecule has 0 saturated carbocycles. The molecule has 2 heterocycles. The molecule has 0 fully saturated rings. The van der Waals surface area contributed by atoms with Gasteiger partial charge in [0, 0.05) is 17.9 Å². The van der Waals surface area contributed by atoms with Crippen LogP contribution in [0.2, 0.25) is 0 Å². The number of nitrogens with zero attached hydrogens (tertiary/aromatic N) is 3. The van der Waals surface area contributed by atoms with E-state index in [1.807, 2.05) is 79.7 Å². The number of rotatable bonds is 22. The summed E-state index contributed by atoms with van der Waals surface area (Å²) in [5.41, 5.74) is 8.52. The van der Waals surface area contributed by atoms with Gasteiger partial charge in [-0.3, -0.25) is 19.4 Å². The van der Waals surface area contributed by atoms with Gasteiger partial charge in [-0.25, -0.2) is 14.6 Å². The van der Waals surface area contributed by atoms with Gasteiger partial charge in [0.25, 0.3) is 0 Å². The van der Waals surface area contributed by atoms with E-state index in [1.165, 1.54) is 23.1 Å². The summed E-state index contributed by atoms with van der Waals surface area (Å²) in [6, 6.07) is 19.8. The highest BCUT2D eigenvalue weighted by molar-refractivity contribution is 8.15. The molecule has 1 aliphatic rings. The van der Waals surface area contributed by atoms with Crippen LogP contribution in [0.15, 0.2) is 83.9 Å². The lowest BCUT2D eigenvalue weighted by Gasteiger charge is -2.26. The van der Waals surface area contributed by atoms with Crippen LogP contribution in [0.5, 0.6) is 0 Å². The molecular weight excluding hydrogens is 793 g/mol. The Labute approximate surface area is 352 Å². The van der Waals surface area contributed by atoms with Crippen molar-refractivity contribution in [2.24, 2.45) is 10.7 Å². The van der Waals surface area contributed by atoms with Crippen LogP contribution < -0.4 is 27.0 Å². The van der Waals surface area contributed by atoms with Gasteiger partial charge in [-0.2, -0.15) is 0 Å². The molecule has 0 bridgehead atoms. The fourth-order valence-corrected chi connectivity index (χ4v) is 8.36. The molecule has 4 aromatic rings. The Kier molecular flexibility index (Phi) is 17.2. The van der Waals surface area contributed by atoms with Gasteiger partial charge in [0.15, 0.2) is 6.04 Å². The molecule has 59 heavy (non-hydrogen) atoms. The third-order valence-electron chi connectivity index (χ3n) is 9.44. The number of amides is 4. The summed E-state index contributed by atoms with van der Waals surface area (Å²) in [6.07, 6.45) is 2.53. The maximum absolute atomic E-state index is 14.1. The molecule has 4 amide bonds. The number of carbonyl (C=O) groups excluding carboxylic acids is 4. The molecule has 314 valence electrons. The molecular formula is C42H52N8O7S2. The third kappa shape index (κ3) is 14.2. The zero-order valence-electron chi connectivity index (χ0n) is 33.2. The second kappa shape index (κ2) is 22.7. The van der Waals surface area contributed by atoms with E-state index in [0.717, 1.165) is 28.8 Å². The Morgan fingerprint density at radius 2 is 1.47 bits per heavy atom. The van der Waals surface area contributed by atoms with E-state index in [9.17, 15) is 29.1 Å². The molecule has 1 aliphatic heterocycles. The second-order valence-corrected chi connectivity index (χ2v) is 16.5. The maximum Gasteiger partial charge on any atom is 0.408 e. The summed E-state index contributed by atoms with van der Waals surface area (Å²) in [5.74, 6) is -2.18. The first kappa shape index (κ1) is 44.7. The fraction of sp³-hybridized carbons (Fsp3) is 0.405. The highest BCUT2D eigenvalue weighted by Gasteiger charge is 2.31. The molecule has 0 spiro atoms. The number of carboxylic acid groups (broad SMARTS) is 1. The third-order valence-corrected chi connectivity index (χ3v) is 11.6. The van der Waals surface area contributed by atoms with Crippen LogP contribution in [0, 0.1) is 0 Å². The predicted octanol–water partition coefficient (Wildman–Crippen LogP) is 4.55. The van der Waals surface area contributed by atoms with Crippen molar-refractivity contribution in [2.45, 2.75) is 75.7 Å². The maximum atomic E-state index is 14.1. The number of ether oxygens (including phenoxy) is 1. The number of thiazole rings is 1. The summed E-state index contributed by atoms with van der Waals surface area (Å²) in [7, 11) is 3.91. The van der Waals surface area contributed by atoms with Gasteiger partial charge in [0.1, 0.15) is 34.8 Å². The lowest BCUT2D eigenvalue weighted by molar-refractivity contribution is -0.137.